The molecule has 2 amide bonds. The Morgan fingerprint density at radius 2 is 1.56 bits per heavy atom. The third kappa shape index (κ3) is 4.87. The van der Waals surface area contributed by atoms with Crippen molar-refractivity contribution < 1.29 is 22.8 Å². The van der Waals surface area contributed by atoms with Crippen LogP contribution < -0.4 is 10.2 Å². The molecule has 0 heterocycles. The first-order valence-electron chi connectivity index (χ1n) is 8.32. The van der Waals surface area contributed by atoms with E-state index in [1.54, 1.807) is 12.1 Å². The fraction of sp³-hybridized carbons (Fsp3) is 0.300. The molecular weight excluding hydrogens is 357 g/mol. The molecule has 2 aromatic carbocycles. The molecular formula is C20H21F3N2O2. The molecule has 0 atom stereocenters. The Bertz CT molecular complexity index is 859. The van der Waals surface area contributed by atoms with Gasteiger partial charge in [0.1, 0.15) is 6.54 Å². The molecule has 0 aliphatic rings. The number of anilines is 2. The van der Waals surface area contributed by atoms with Crippen LogP contribution in [0, 0.1) is 17.5 Å². The predicted molar refractivity (Wildman–Crippen MR) is 98.1 cm³/mol. The van der Waals surface area contributed by atoms with Crippen LogP contribution in [0.2, 0.25) is 0 Å². The van der Waals surface area contributed by atoms with E-state index < -0.39 is 35.6 Å². The molecule has 1 N–H and O–H groups in total. The summed E-state index contributed by atoms with van der Waals surface area (Å²) >= 11 is 0. The Morgan fingerprint density at radius 1 is 0.963 bits per heavy atom. The molecule has 144 valence electrons. The average molecular weight is 378 g/mol. The van der Waals surface area contributed by atoms with Crippen LogP contribution in [-0.2, 0) is 15.0 Å². The van der Waals surface area contributed by atoms with Crippen molar-refractivity contribution in [3.63, 3.8) is 0 Å². The fourth-order valence-electron chi connectivity index (χ4n) is 2.48. The van der Waals surface area contributed by atoms with Gasteiger partial charge >= 0.3 is 0 Å². The largest absolute Gasteiger partial charge is 0.322 e. The maximum atomic E-state index is 13.7. The molecule has 0 bridgehead atoms. The lowest BCUT2D eigenvalue weighted by Gasteiger charge is -2.23. The second-order valence-corrected chi connectivity index (χ2v) is 7.17. The van der Waals surface area contributed by atoms with Crippen molar-refractivity contribution in [1.82, 2.24) is 0 Å². The molecule has 0 aliphatic carbocycles. The molecule has 2 rings (SSSR count). The lowest BCUT2D eigenvalue weighted by atomic mass is 9.87. The molecule has 0 fully saturated rings. The van der Waals surface area contributed by atoms with Crippen LogP contribution in [0.1, 0.15) is 33.3 Å². The van der Waals surface area contributed by atoms with E-state index in [0.29, 0.717) is 11.8 Å². The van der Waals surface area contributed by atoms with Crippen LogP contribution in [0.5, 0.6) is 0 Å². The van der Waals surface area contributed by atoms with Crippen LogP contribution in [0.4, 0.5) is 24.5 Å². The number of amides is 2. The number of carbonyl (C=O) groups excluding carboxylic acids is 2. The van der Waals surface area contributed by atoms with Gasteiger partial charge in [0.2, 0.25) is 11.8 Å². The number of hydrogen-bond donors (Lipinski definition) is 1. The molecule has 0 aliphatic heterocycles. The third-order valence-electron chi connectivity index (χ3n) is 4.04. The minimum Gasteiger partial charge on any atom is -0.322 e. The van der Waals surface area contributed by atoms with Gasteiger partial charge in [0.25, 0.3) is 0 Å². The zero-order chi connectivity index (χ0) is 20.4. The second kappa shape index (κ2) is 7.82. The van der Waals surface area contributed by atoms with Crippen molar-refractivity contribution in [2.24, 2.45) is 0 Å². The number of benzene rings is 2. The van der Waals surface area contributed by atoms with Gasteiger partial charge in [-0.25, -0.2) is 13.2 Å². The predicted octanol–water partition coefficient (Wildman–Crippen LogP) is 4.39. The smallest absolute Gasteiger partial charge is 0.244 e. The van der Waals surface area contributed by atoms with Gasteiger partial charge in [-0.3, -0.25) is 9.59 Å². The topological polar surface area (TPSA) is 49.4 Å². The molecule has 4 nitrogen and oxygen atoms in total. The van der Waals surface area contributed by atoms with Gasteiger partial charge in [-0.1, -0.05) is 32.9 Å². The van der Waals surface area contributed by atoms with Gasteiger partial charge < -0.3 is 10.2 Å². The number of nitrogens with zero attached hydrogens (tertiary/aromatic N) is 1. The summed E-state index contributed by atoms with van der Waals surface area (Å²) in [6, 6.07) is 8.78. The van der Waals surface area contributed by atoms with Gasteiger partial charge in [0.15, 0.2) is 17.5 Å². The van der Waals surface area contributed by atoms with E-state index in [4.69, 9.17) is 0 Å². The highest BCUT2D eigenvalue weighted by Gasteiger charge is 2.20. The van der Waals surface area contributed by atoms with Crippen LogP contribution >= 0.6 is 0 Å². The summed E-state index contributed by atoms with van der Waals surface area (Å²) in [7, 11) is 0. The normalized spacial score (nSPS) is 11.2. The first kappa shape index (κ1) is 20.5. The molecule has 7 heteroatoms. The highest BCUT2D eigenvalue weighted by atomic mass is 19.2. The summed E-state index contributed by atoms with van der Waals surface area (Å²) < 4.78 is 39.9. The first-order chi connectivity index (χ1) is 12.5. The minimum atomic E-state index is -1.67. The van der Waals surface area contributed by atoms with Crippen molar-refractivity contribution in [3.05, 3.63) is 59.4 Å². The van der Waals surface area contributed by atoms with E-state index in [2.05, 4.69) is 26.1 Å². The molecule has 0 aromatic heterocycles. The van der Waals surface area contributed by atoms with Crippen LogP contribution in [0.3, 0.4) is 0 Å². The van der Waals surface area contributed by atoms with Gasteiger partial charge in [0.05, 0.1) is 5.69 Å². The number of hydrogen-bond acceptors (Lipinski definition) is 2. The molecule has 0 saturated heterocycles. The van der Waals surface area contributed by atoms with Crippen LogP contribution in [-0.4, -0.2) is 18.4 Å². The molecule has 0 spiro atoms. The average Bonchev–Trinajstić information content (AvgIpc) is 2.59. The van der Waals surface area contributed by atoms with Crippen molar-refractivity contribution in [3.8, 4) is 0 Å². The number of nitrogens with one attached hydrogen (secondary N) is 1. The zero-order valence-corrected chi connectivity index (χ0v) is 15.6. The quantitative estimate of drug-likeness (QED) is 0.802. The van der Waals surface area contributed by atoms with E-state index in [-0.39, 0.29) is 11.3 Å². The summed E-state index contributed by atoms with van der Waals surface area (Å²) in [6.07, 6.45) is 0. The number of rotatable bonds is 4. The number of carbonyl (C=O) groups is 2. The van der Waals surface area contributed by atoms with Crippen molar-refractivity contribution in [2.75, 3.05) is 16.8 Å². The van der Waals surface area contributed by atoms with Gasteiger partial charge in [-0.2, -0.15) is 0 Å². The third-order valence-corrected chi connectivity index (χ3v) is 4.04. The van der Waals surface area contributed by atoms with Crippen molar-refractivity contribution >= 4 is 23.2 Å². The zero-order valence-electron chi connectivity index (χ0n) is 15.6. The molecule has 2 aromatic rings. The summed E-state index contributed by atoms with van der Waals surface area (Å²) in [4.78, 5) is 25.3. The lowest BCUT2D eigenvalue weighted by Crippen LogP contribution is -2.36. The van der Waals surface area contributed by atoms with E-state index >= 15 is 0 Å². The summed E-state index contributed by atoms with van der Waals surface area (Å²) in [6.45, 7) is 7.05. The maximum Gasteiger partial charge on any atom is 0.244 e. The van der Waals surface area contributed by atoms with Crippen LogP contribution in [0.15, 0.2) is 36.4 Å². The standard InChI is InChI=1S/C20H21F3N2O2/c1-12(26)25(14-7-5-13(6-8-14)20(2,3)4)11-17(27)24-16-10-9-15(21)18(22)19(16)23/h5-10H,11H2,1-4H3,(H,24,27). The molecule has 0 unspecified atom stereocenters. The second-order valence-electron chi connectivity index (χ2n) is 7.17. The number of halogens is 3. The summed E-state index contributed by atoms with van der Waals surface area (Å²) in [5.74, 6) is -5.65. The Hall–Kier alpha value is -2.83. The molecule has 0 radical (unpaired) electrons. The SMILES string of the molecule is CC(=O)N(CC(=O)Nc1ccc(F)c(F)c1F)c1ccc(C(C)(C)C)cc1. The Morgan fingerprint density at radius 3 is 2.07 bits per heavy atom. The monoisotopic (exact) mass is 378 g/mol. The van der Waals surface area contributed by atoms with Gasteiger partial charge in [-0.15, -0.1) is 0 Å². The Labute approximate surface area is 156 Å². The maximum absolute atomic E-state index is 13.7. The molecule has 27 heavy (non-hydrogen) atoms. The van der Waals surface area contributed by atoms with E-state index in [1.165, 1.54) is 11.8 Å². The Kier molecular flexibility index (Phi) is 5.93. The van der Waals surface area contributed by atoms with E-state index in [0.717, 1.165) is 11.6 Å². The van der Waals surface area contributed by atoms with Crippen LogP contribution in [0.25, 0.3) is 0 Å². The van der Waals surface area contributed by atoms with Crippen molar-refractivity contribution in [2.45, 2.75) is 33.1 Å². The highest BCUT2D eigenvalue weighted by Crippen LogP contribution is 2.25. The van der Waals surface area contributed by atoms with Gasteiger partial charge in [-0.05, 0) is 35.2 Å². The highest BCUT2D eigenvalue weighted by molar-refractivity contribution is 6.01. The first-order valence-corrected chi connectivity index (χ1v) is 8.32. The van der Waals surface area contributed by atoms with Gasteiger partial charge in [0, 0.05) is 12.6 Å². The summed E-state index contributed by atoms with van der Waals surface area (Å²) in [5.41, 5.74) is 0.992. The lowest BCUT2D eigenvalue weighted by molar-refractivity contribution is -0.120. The van der Waals surface area contributed by atoms with E-state index in [1.807, 2.05) is 12.1 Å². The fourth-order valence-corrected chi connectivity index (χ4v) is 2.48. The van der Waals surface area contributed by atoms with E-state index in [9.17, 15) is 22.8 Å². The Balaban J connectivity index is 2.18. The minimum absolute atomic E-state index is 0.0683. The van der Waals surface area contributed by atoms with Crippen molar-refractivity contribution in [1.29, 1.82) is 0 Å². The summed E-state index contributed by atoms with van der Waals surface area (Å²) in [5, 5.41) is 2.15. The molecule has 0 saturated carbocycles.